The number of likely N-dealkylation sites (N-methyl/N-ethyl adjacent to an activating group) is 1. The molecule has 0 aliphatic carbocycles. The highest BCUT2D eigenvalue weighted by Crippen LogP contribution is 2.20. The van der Waals surface area contributed by atoms with Crippen LogP contribution in [0.3, 0.4) is 0 Å². The number of hydrogen-bond donors (Lipinski definition) is 1. The van der Waals surface area contributed by atoms with Crippen LogP contribution in [-0.2, 0) is 4.79 Å². The first-order chi connectivity index (χ1) is 12.0. The zero-order valence-corrected chi connectivity index (χ0v) is 18.1. The van der Waals surface area contributed by atoms with E-state index >= 15 is 0 Å². The van der Waals surface area contributed by atoms with Gasteiger partial charge >= 0.3 is 0 Å². The van der Waals surface area contributed by atoms with Gasteiger partial charge in [0.1, 0.15) is 12.4 Å². The molecule has 0 saturated carbocycles. The SMILES string of the molecule is CCCNC(=NCC(=O)N(C)C)N1CCN(c2ccccc2F)CC1.I. The van der Waals surface area contributed by atoms with E-state index in [2.05, 4.69) is 22.1 Å². The van der Waals surface area contributed by atoms with Gasteiger partial charge in [0.25, 0.3) is 0 Å². The first-order valence-corrected chi connectivity index (χ1v) is 8.75. The summed E-state index contributed by atoms with van der Waals surface area (Å²) >= 11 is 0. The van der Waals surface area contributed by atoms with Crippen LogP contribution in [0.25, 0.3) is 0 Å². The predicted molar refractivity (Wildman–Crippen MR) is 115 cm³/mol. The van der Waals surface area contributed by atoms with Crippen molar-refractivity contribution in [2.45, 2.75) is 13.3 Å². The molecule has 0 atom stereocenters. The third-order valence-corrected chi connectivity index (χ3v) is 4.17. The molecule has 146 valence electrons. The number of benzene rings is 1. The Labute approximate surface area is 172 Å². The van der Waals surface area contributed by atoms with Crippen LogP contribution in [0.1, 0.15) is 13.3 Å². The van der Waals surface area contributed by atoms with Gasteiger partial charge in [-0.25, -0.2) is 9.38 Å². The Morgan fingerprint density at radius 1 is 1.23 bits per heavy atom. The normalized spacial score (nSPS) is 14.7. The van der Waals surface area contributed by atoms with Gasteiger partial charge in [-0.05, 0) is 18.6 Å². The van der Waals surface area contributed by atoms with E-state index in [0.717, 1.165) is 45.1 Å². The van der Waals surface area contributed by atoms with E-state index in [-0.39, 0.29) is 42.2 Å². The van der Waals surface area contributed by atoms with E-state index in [1.807, 2.05) is 17.0 Å². The first-order valence-electron chi connectivity index (χ1n) is 8.75. The van der Waals surface area contributed by atoms with Gasteiger partial charge in [0.05, 0.1) is 5.69 Å². The summed E-state index contributed by atoms with van der Waals surface area (Å²) in [6.07, 6.45) is 0.982. The molecular weight excluding hydrogens is 448 g/mol. The van der Waals surface area contributed by atoms with Gasteiger partial charge in [0, 0.05) is 46.8 Å². The highest BCUT2D eigenvalue weighted by atomic mass is 127. The third-order valence-electron chi connectivity index (χ3n) is 4.17. The summed E-state index contributed by atoms with van der Waals surface area (Å²) in [6.45, 7) is 5.94. The van der Waals surface area contributed by atoms with Crippen molar-refractivity contribution in [1.82, 2.24) is 15.1 Å². The molecule has 1 amide bonds. The Hall–Kier alpha value is -1.58. The van der Waals surface area contributed by atoms with Gasteiger partial charge in [-0.1, -0.05) is 19.1 Å². The Morgan fingerprint density at radius 2 is 1.88 bits per heavy atom. The molecule has 1 heterocycles. The number of nitrogens with one attached hydrogen (secondary N) is 1. The highest BCUT2D eigenvalue weighted by molar-refractivity contribution is 14.0. The van der Waals surface area contributed by atoms with Crippen LogP contribution in [0.15, 0.2) is 29.3 Å². The zero-order chi connectivity index (χ0) is 18.2. The molecule has 2 rings (SSSR count). The standard InChI is InChI=1S/C18H28FN5O.HI/c1-4-9-20-18(21-14-17(25)22(2)3)24-12-10-23(11-13-24)16-8-6-5-7-15(16)19;/h5-8H,4,9-14H2,1-3H3,(H,20,21);1H. The minimum absolute atomic E-state index is 0. The number of halogens is 2. The summed E-state index contributed by atoms with van der Waals surface area (Å²) in [5.41, 5.74) is 0.643. The smallest absolute Gasteiger partial charge is 0.243 e. The van der Waals surface area contributed by atoms with Crippen molar-refractivity contribution < 1.29 is 9.18 Å². The predicted octanol–water partition coefficient (Wildman–Crippen LogP) is 2.01. The molecule has 0 radical (unpaired) electrons. The fraction of sp³-hybridized carbons (Fsp3) is 0.556. The molecule has 6 nitrogen and oxygen atoms in total. The van der Waals surface area contributed by atoms with E-state index < -0.39 is 0 Å². The van der Waals surface area contributed by atoms with Crippen molar-refractivity contribution in [3.8, 4) is 0 Å². The Bertz CT molecular complexity index is 603. The van der Waals surface area contributed by atoms with Crippen LogP contribution >= 0.6 is 24.0 Å². The molecular formula is C18H29FIN5O. The third kappa shape index (κ3) is 6.30. The molecule has 8 heteroatoms. The minimum Gasteiger partial charge on any atom is -0.366 e. The Balaban J connectivity index is 0.00000338. The molecule has 0 aromatic heterocycles. The number of carbonyl (C=O) groups excluding carboxylic acids is 1. The molecule has 1 fully saturated rings. The number of anilines is 1. The maximum Gasteiger partial charge on any atom is 0.243 e. The van der Waals surface area contributed by atoms with Crippen LogP contribution in [0.4, 0.5) is 10.1 Å². The summed E-state index contributed by atoms with van der Waals surface area (Å²) in [4.78, 5) is 22.0. The lowest BCUT2D eigenvalue weighted by molar-refractivity contribution is -0.127. The van der Waals surface area contributed by atoms with Crippen LogP contribution in [0, 0.1) is 5.82 Å². The van der Waals surface area contributed by atoms with Gasteiger partial charge in [0.15, 0.2) is 5.96 Å². The first kappa shape index (κ1) is 22.5. The number of nitrogens with zero attached hydrogens (tertiary/aromatic N) is 4. The summed E-state index contributed by atoms with van der Waals surface area (Å²) in [5.74, 6) is 0.538. The number of piperazine rings is 1. The zero-order valence-electron chi connectivity index (χ0n) is 15.7. The lowest BCUT2D eigenvalue weighted by Crippen LogP contribution is -2.53. The average molecular weight is 477 g/mol. The van der Waals surface area contributed by atoms with E-state index in [9.17, 15) is 9.18 Å². The molecule has 1 aliphatic heterocycles. The molecule has 0 spiro atoms. The molecule has 1 aromatic rings. The van der Waals surface area contributed by atoms with Crippen molar-refractivity contribution >= 4 is 41.5 Å². The second kappa shape index (κ2) is 11.2. The lowest BCUT2D eigenvalue weighted by Gasteiger charge is -2.37. The van der Waals surface area contributed by atoms with Crippen molar-refractivity contribution in [2.24, 2.45) is 4.99 Å². The number of amides is 1. The molecule has 1 aliphatic rings. The quantitative estimate of drug-likeness (QED) is 0.401. The second-order valence-electron chi connectivity index (χ2n) is 6.28. The maximum absolute atomic E-state index is 13.9. The average Bonchev–Trinajstić information content (AvgIpc) is 2.62. The molecule has 0 bridgehead atoms. The van der Waals surface area contributed by atoms with E-state index in [0.29, 0.717) is 5.69 Å². The molecule has 26 heavy (non-hydrogen) atoms. The van der Waals surface area contributed by atoms with Crippen molar-refractivity contribution in [3.05, 3.63) is 30.1 Å². The Kier molecular flexibility index (Phi) is 9.68. The fourth-order valence-electron chi connectivity index (χ4n) is 2.66. The van der Waals surface area contributed by atoms with Crippen molar-refractivity contribution in [2.75, 3.05) is 58.3 Å². The number of carbonyl (C=O) groups is 1. The maximum atomic E-state index is 13.9. The van der Waals surface area contributed by atoms with E-state index in [1.165, 1.54) is 11.0 Å². The summed E-state index contributed by atoms with van der Waals surface area (Å²) < 4.78 is 13.9. The van der Waals surface area contributed by atoms with Crippen LogP contribution in [-0.4, -0.2) is 75.0 Å². The number of hydrogen-bond acceptors (Lipinski definition) is 3. The second-order valence-corrected chi connectivity index (χ2v) is 6.28. The van der Waals surface area contributed by atoms with Crippen LogP contribution in [0.5, 0.6) is 0 Å². The topological polar surface area (TPSA) is 51.2 Å². The summed E-state index contributed by atoms with van der Waals surface area (Å²) in [5, 5.41) is 3.31. The largest absolute Gasteiger partial charge is 0.366 e. The summed E-state index contributed by atoms with van der Waals surface area (Å²) in [7, 11) is 3.45. The minimum atomic E-state index is -0.189. The number of para-hydroxylation sites is 1. The lowest BCUT2D eigenvalue weighted by atomic mass is 10.2. The number of guanidine groups is 1. The Morgan fingerprint density at radius 3 is 2.46 bits per heavy atom. The van der Waals surface area contributed by atoms with Gasteiger partial charge < -0.3 is 20.0 Å². The van der Waals surface area contributed by atoms with Gasteiger partial charge in [-0.15, -0.1) is 24.0 Å². The van der Waals surface area contributed by atoms with Gasteiger partial charge in [-0.2, -0.15) is 0 Å². The van der Waals surface area contributed by atoms with Gasteiger partial charge in [0.2, 0.25) is 5.91 Å². The van der Waals surface area contributed by atoms with Gasteiger partial charge in [-0.3, -0.25) is 4.79 Å². The molecule has 1 N–H and O–H groups in total. The number of rotatable bonds is 5. The van der Waals surface area contributed by atoms with Crippen LogP contribution < -0.4 is 10.2 Å². The molecule has 1 aromatic carbocycles. The fourth-order valence-corrected chi connectivity index (χ4v) is 2.66. The van der Waals surface area contributed by atoms with E-state index in [4.69, 9.17) is 0 Å². The molecule has 1 saturated heterocycles. The van der Waals surface area contributed by atoms with Crippen molar-refractivity contribution in [3.63, 3.8) is 0 Å². The van der Waals surface area contributed by atoms with E-state index in [1.54, 1.807) is 20.2 Å². The monoisotopic (exact) mass is 477 g/mol. The summed E-state index contributed by atoms with van der Waals surface area (Å²) in [6, 6.07) is 6.86. The van der Waals surface area contributed by atoms with Crippen molar-refractivity contribution in [1.29, 1.82) is 0 Å². The van der Waals surface area contributed by atoms with Crippen LogP contribution in [0.2, 0.25) is 0 Å². The molecule has 0 unspecified atom stereocenters. The number of aliphatic imine (C=N–C) groups is 1. The highest BCUT2D eigenvalue weighted by Gasteiger charge is 2.21.